The Morgan fingerprint density at radius 2 is 1.84 bits per heavy atom. The van der Waals surface area contributed by atoms with Gasteiger partial charge in [-0.3, -0.25) is 9.59 Å². The van der Waals surface area contributed by atoms with Gasteiger partial charge >= 0.3 is 0 Å². The summed E-state index contributed by atoms with van der Waals surface area (Å²) >= 11 is 0. The largest absolute Gasteiger partial charge is 0.494 e. The molecule has 2 unspecified atom stereocenters. The van der Waals surface area contributed by atoms with Crippen molar-refractivity contribution in [3.05, 3.63) is 52.4 Å². The standard InChI is InChI=1S/C18H21N3O4/c1-12-10-20(11-13(2)25-12)18(23)17-15(24-3)9-16(22)21(19-17)14-7-5-4-6-8-14/h4-9,12-13H,10-11H2,1-3H3. The van der Waals surface area contributed by atoms with Crippen LogP contribution in [0.1, 0.15) is 24.3 Å². The minimum atomic E-state index is -0.358. The second-order valence-corrected chi connectivity index (χ2v) is 6.11. The highest BCUT2D eigenvalue weighted by Gasteiger charge is 2.30. The molecule has 2 atom stereocenters. The Bertz CT molecular complexity index is 809. The Morgan fingerprint density at radius 3 is 2.44 bits per heavy atom. The van der Waals surface area contributed by atoms with Gasteiger partial charge in [0.05, 0.1) is 31.1 Å². The van der Waals surface area contributed by atoms with E-state index < -0.39 is 0 Å². The molecule has 7 nitrogen and oxygen atoms in total. The summed E-state index contributed by atoms with van der Waals surface area (Å²) in [7, 11) is 1.42. The number of carbonyl (C=O) groups is 1. The van der Waals surface area contributed by atoms with Crippen LogP contribution in [0, 0.1) is 0 Å². The summed E-state index contributed by atoms with van der Waals surface area (Å²) < 4.78 is 12.1. The number of benzene rings is 1. The SMILES string of the molecule is COc1cc(=O)n(-c2ccccc2)nc1C(=O)N1CC(C)OC(C)C1. The van der Waals surface area contributed by atoms with Gasteiger partial charge in [0, 0.05) is 13.1 Å². The molecule has 1 aromatic heterocycles. The second-order valence-electron chi connectivity index (χ2n) is 6.11. The molecular weight excluding hydrogens is 322 g/mol. The minimum absolute atomic E-state index is 0.0567. The molecule has 2 aromatic rings. The van der Waals surface area contributed by atoms with Gasteiger partial charge < -0.3 is 14.4 Å². The lowest BCUT2D eigenvalue weighted by atomic mass is 10.2. The average molecular weight is 343 g/mol. The van der Waals surface area contributed by atoms with E-state index in [2.05, 4.69) is 5.10 Å². The molecule has 1 aromatic carbocycles. The predicted molar refractivity (Wildman–Crippen MR) is 92.3 cm³/mol. The van der Waals surface area contributed by atoms with Crippen LogP contribution in [0.15, 0.2) is 41.2 Å². The average Bonchev–Trinajstić information content (AvgIpc) is 2.60. The third-order valence-electron chi connectivity index (χ3n) is 4.03. The quantitative estimate of drug-likeness (QED) is 0.844. The molecule has 25 heavy (non-hydrogen) atoms. The van der Waals surface area contributed by atoms with Crippen LogP contribution in [0.2, 0.25) is 0 Å². The van der Waals surface area contributed by atoms with Crippen molar-refractivity contribution in [2.24, 2.45) is 0 Å². The summed E-state index contributed by atoms with van der Waals surface area (Å²) in [4.78, 5) is 27.0. The highest BCUT2D eigenvalue weighted by Crippen LogP contribution is 2.19. The Hall–Kier alpha value is -2.67. The van der Waals surface area contributed by atoms with Crippen LogP contribution in [-0.4, -0.2) is 53.0 Å². The van der Waals surface area contributed by atoms with E-state index in [0.29, 0.717) is 18.8 Å². The fraction of sp³-hybridized carbons (Fsp3) is 0.389. The second kappa shape index (κ2) is 7.06. The molecule has 1 saturated heterocycles. The zero-order valence-electron chi connectivity index (χ0n) is 14.5. The lowest BCUT2D eigenvalue weighted by Gasteiger charge is -2.35. The Morgan fingerprint density at radius 1 is 1.20 bits per heavy atom. The van der Waals surface area contributed by atoms with Gasteiger partial charge in [0.2, 0.25) is 0 Å². The zero-order valence-corrected chi connectivity index (χ0v) is 14.5. The lowest BCUT2D eigenvalue weighted by molar-refractivity contribution is -0.0588. The van der Waals surface area contributed by atoms with Crippen LogP contribution in [0.5, 0.6) is 5.75 Å². The van der Waals surface area contributed by atoms with Crippen molar-refractivity contribution in [1.82, 2.24) is 14.7 Å². The predicted octanol–water partition coefficient (Wildman–Crippen LogP) is 1.49. The first-order valence-electron chi connectivity index (χ1n) is 8.18. The Kier molecular flexibility index (Phi) is 4.85. The van der Waals surface area contributed by atoms with Gasteiger partial charge in [-0.2, -0.15) is 9.78 Å². The zero-order chi connectivity index (χ0) is 18.0. The molecule has 1 fully saturated rings. The fourth-order valence-corrected chi connectivity index (χ4v) is 2.99. The summed E-state index contributed by atoms with van der Waals surface area (Å²) in [5.41, 5.74) is 0.350. The molecule has 0 radical (unpaired) electrons. The molecule has 1 aliphatic rings. The molecular formula is C18H21N3O4. The number of hydrogen-bond acceptors (Lipinski definition) is 5. The first-order valence-corrected chi connectivity index (χ1v) is 8.18. The van der Waals surface area contributed by atoms with Gasteiger partial charge in [0.15, 0.2) is 11.4 Å². The van der Waals surface area contributed by atoms with E-state index >= 15 is 0 Å². The fourth-order valence-electron chi connectivity index (χ4n) is 2.99. The van der Waals surface area contributed by atoms with E-state index in [0.717, 1.165) is 0 Å². The maximum Gasteiger partial charge on any atom is 0.278 e. The van der Waals surface area contributed by atoms with Crippen LogP contribution in [0.3, 0.4) is 0 Å². The van der Waals surface area contributed by atoms with Crippen molar-refractivity contribution in [3.63, 3.8) is 0 Å². The summed E-state index contributed by atoms with van der Waals surface area (Å²) in [6.07, 6.45) is -0.113. The lowest BCUT2D eigenvalue weighted by Crippen LogP contribution is -2.48. The van der Waals surface area contributed by atoms with Crippen molar-refractivity contribution in [2.45, 2.75) is 26.1 Å². The highest BCUT2D eigenvalue weighted by molar-refractivity contribution is 5.95. The number of para-hydroxylation sites is 1. The van der Waals surface area contributed by atoms with E-state index in [1.54, 1.807) is 29.2 Å². The third kappa shape index (κ3) is 3.56. The molecule has 1 amide bonds. The molecule has 1 aliphatic heterocycles. The van der Waals surface area contributed by atoms with Gasteiger partial charge in [-0.15, -0.1) is 0 Å². The Labute approximate surface area is 145 Å². The maximum absolute atomic E-state index is 13.0. The molecule has 7 heteroatoms. The van der Waals surface area contributed by atoms with Crippen LogP contribution in [0.25, 0.3) is 5.69 Å². The van der Waals surface area contributed by atoms with Crippen LogP contribution < -0.4 is 10.3 Å². The first-order chi connectivity index (χ1) is 12.0. The molecule has 0 bridgehead atoms. The van der Waals surface area contributed by atoms with Gasteiger partial charge in [-0.1, -0.05) is 18.2 Å². The molecule has 0 aliphatic carbocycles. The van der Waals surface area contributed by atoms with E-state index in [4.69, 9.17) is 9.47 Å². The van der Waals surface area contributed by atoms with Crippen molar-refractivity contribution in [1.29, 1.82) is 0 Å². The van der Waals surface area contributed by atoms with Gasteiger partial charge in [-0.25, -0.2) is 0 Å². The third-order valence-corrected chi connectivity index (χ3v) is 4.03. The highest BCUT2D eigenvalue weighted by atomic mass is 16.5. The van der Waals surface area contributed by atoms with E-state index in [1.807, 2.05) is 19.9 Å². The van der Waals surface area contributed by atoms with Crippen molar-refractivity contribution in [3.8, 4) is 11.4 Å². The van der Waals surface area contributed by atoms with Gasteiger partial charge in [0.25, 0.3) is 11.5 Å². The van der Waals surface area contributed by atoms with E-state index in [1.165, 1.54) is 17.9 Å². The summed E-state index contributed by atoms with van der Waals surface area (Å²) in [5, 5.41) is 4.29. The number of carbonyl (C=O) groups excluding carboxylic acids is 1. The van der Waals surface area contributed by atoms with Crippen molar-refractivity contribution < 1.29 is 14.3 Å². The van der Waals surface area contributed by atoms with Gasteiger partial charge in [-0.05, 0) is 26.0 Å². The van der Waals surface area contributed by atoms with Crippen molar-refractivity contribution in [2.75, 3.05) is 20.2 Å². The number of hydrogen-bond donors (Lipinski definition) is 0. The number of nitrogens with zero attached hydrogens (tertiary/aromatic N) is 3. The van der Waals surface area contributed by atoms with Crippen LogP contribution in [-0.2, 0) is 4.74 Å². The number of amides is 1. The maximum atomic E-state index is 13.0. The van der Waals surface area contributed by atoms with E-state index in [9.17, 15) is 9.59 Å². The summed E-state index contributed by atoms with van der Waals surface area (Å²) in [6, 6.07) is 10.3. The Balaban J connectivity index is 2.02. The van der Waals surface area contributed by atoms with Crippen molar-refractivity contribution >= 4 is 5.91 Å². The summed E-state index contributed by atoms with van der Waals surface area (Å²) in [6.45, 7) is 4.79. The minimum Gasteiger partial charge on any atom is -0.494 e. The topological polar surface area (TPSA) is 73.7 Å². The summed E-state index contributed by atoms with van der Waals surface area (Å²) in [5.74, 6) is -0.0995. The molecule has 0 spiro atoms. The first kappa shape index (κ1) is 17.2. The molecule has 0 saturated carbocycles. The molecule has 3 rings (SSSR count). The monoisotopic (exact) mass is 343 g/mol. The smallest absolute Gasteiger partial charge is 0.278 e. The number of aromatic nitrogens is 2. The van der Waals surface area contributed by atoms with E-state index in [-0.39, 0.29) is 35.1 Å². The molecule has 2 heterocycles. The van der Waals surface area contributed by atoms with Gasteiger partial charge in [0.1, 0.15) is 0 Å². The molecule has 132 valence electrons. The normalized spacial score (nSPS) is 20.4. The number of morpholine rings is 1. The number of ether oxygens (including phenoxy) is 2. The van der Waals surface area contributed by atoms with Crippen LogP contribution >= 0.6 is 0 Å². The number of rotatable bonds is 3. The number of methoxy groups -OCH3 is 1. The molecule has 0 N–H and O–H groups in total. The van der Waals surface area contributed by atoms with Crippen LogP contribution in [0.4, 0.5) is 0 Å².